The van der Waals surface area contributed by atoms with Crippen molar-refractivity contribution in [3.63, 3.8) is 0 Å². The summed E-state index contributed by atoms with van der Waals surface area (Å²) in [5.41, 5.74) is 1.55. The number of aromatic nitrogens is 2. The van der Waals surface area contributed by atoms with E-state index >= 15 is 0 Å². The average molecular weight is 525 g/mol. The number of hydrogen-bond acceptors (Lipinski definition) is 9. The smallest absolute Gasteiger partial charge is 0.349 e. The van der Waals surface area contributed by atoms with Gasteiger partial charge in [0.1, 0.15) is 22.7 Å². The van der Waals surface area contributed by atoms with Crippen molar-refractivity contribution in [1.82, 2.24) is 9.97 Å². The fourth-order valence-corrected chi connectivity index (χ4v) is 4.49. The SMILES string of the molecule is COc1cc(F)ccc1-c1nc(Nc2ccc3c(N4CCOCC4)c(C(C)=O)c(=O)oc3c2)ncc1Cl. The summed E-state index contributed by atoms with van der Waals surface area (Å²) < 4.78 is 29.9. The second kappa shape index (κ2) is 10.2. The first kappa shape index (κ1) is 24.7. The molecule has 5 rings (SSSR count). The molecule has 1 N–H and O–H groups in total. The molecule has 0 atom stereocenters. The van der Waals surface area contributed by atoms with E-state index in [9.17, 15) is 14.0 Å². The number of ether oxygens (including phenoxy) is 2. The number of carbonyl (C=O) groups is 1. The van der Waals surface area contributed by atoms with Gasteiger partial charge in [0, 0.05) is 41.9 Å². The number of ketones is 1. The predicted octanol–water partition coefficient (Wildman–Crippen LogP) is 4.83. The Morgan fingerprint density at radius 3 is 2.70 bits per heavy atom. The third kappa shape index (κ3) is 4.85. The molecule has 0 unspecified atom stereocenters. The maximum absolute atomic E-state index is 13.7. The van der Waals surface area contributed by atoms with Gasteiger partial charge in [-0.1, -0.05) is 11.6 Å². The minimum atomic E-state index is -0.702. The zero-order chi connectivity index (χ0) is 26.1. The Kier molecular flexibility index (Phi) is 6.77. The molecule has 9 nitrogen and oxygen atoms in total. The summed E-state index contributed by atoms with van der Waals surface area (Å²) in [6.45, 7) is 3.44. The van der Waals surface area contributed by atoms with E-state index in [0.717, 1.165) is 0 Å². The molecule has 11 heteroatoms. The zero-order valence-corrected chi connectivity index (χ0v) is 20.8. The van der Waals surface area contributed by atoms with Crippen LogP contribution in [0.1, 0.15) is 17.3 Å². The molecular formula is C26H22ClFN4O5. The normalized spacial score (nSPS) is 13.6. The molecule has 1 aliphatic heterocycles. The van der Waals surface area contributed by atoms with E-state index in [0.29, 0.717) is 59.9 Å². The number of carbonyl (C=O) groups excluding carboxylic acids is 1. The number of benzene rings is 2. The first-order valence-electron chi connectivity index (χ1n) is 11.4. The molecule has 0 saturated carbocycles. The summed E-state index contributed by atoms with van der Waals surface area (Å²) in [6, 6.07) is 9.24. The second-order valence-corrected chi connectivity index (χ2v) is 8.75. The fourth-order valence-electron chi connectivity index (χ4n) is 4.29. The van der Waals surface area contributed by atoms with Crippen LogP contribution in [-0.2, 0) is 4.74 Å². The van der Waals surface area contributed by atoms with Gasteiger partial charge in [-0.05, 0) is 31.2 Å². The molecule has 0 radical (unpaired) electrons. The Morgan fingerprint density at radius 1 is 1.19 bits per heavy atom. The van der Waals surface area contributed by atoms with E-state index in [-0.39, 0.29) is 28.1 Å². The van der Waals surface area contributed by atoms with E-state index < -0.39 is 11.4 Å². The number of hydrogen-bond donors (Lipinski definition) is 1. The Hall–Kier alpha value is -4.02. The number of halogens is 2. The molecule has 4 aromatic rings. The highest BCUT2D eigenvalue weighted by Gasteiger charge is 2.24. The number of nitrogens with zero attached hydrogens (tertiary/aromatic N) is 3. The van der Waals surface area contributed by atoms with E-state index in [4.69, 9.17) is 25.5 Å². The molecule has 2 aromatic heterocycles. The summed E-state index contributed by atoms with van der Waals surface area (Å²) in [6.07, 6.45) is 1.42. The summed E-state index contributed by atoms with van der Waals surface area (Å²) >= 11 is 6.34. The van der Waals surface area contributed by atoms with E-state index in [1.54, 1.807) is 18.2 Å². The predicted molar refractivity (Wildman–Crippen MR) is 138 cm³/mol. The molecule has 0 bridgehead atoms. The highest BCUT2D eigenvalue weighted by Crippen LogP contribution is 2.35. The number of anilines is 3. The lowest BCUT2D eigenvalue weighted by molar-refractivity contribution is 0.101. The van der Waals surface area contributed by atoms with Crippen LogP contribution >= 0.6 is 11.6 Å². The van der Waals surface area contributed by atoms with Crippen LogP contribution in [0.3, 0.4) is 0 Å². The lowest BCUT2D eigenvalue weighted by Gasteiger charge is -2.30. The molecular weight excluding hydrogens is 503 g/mol. The molecule has 1 fully saturated rings. The summed E-state index contributed by atoms with van der Waals surface area (Å²) in [7, 11) is 1.43. The third-order valence-corrected chi connectivity index (χ3v) is 6.26. The van der Waals surface area contributed by atoms with Crippen molar-refractivity contribution in [3.05, 3.63) is 69.4 Å². The molecule has 2 aromatic carbocycles. The maximum atomic E-state index is 13.7. The molecule has 0 aliphatic carbocycles. The van der Waals surface area contributed by atoms with Crippen molar-refractivity contribution in [3.8, 4) is 17.0 Å². The van der Waals surface area contributed by atoms with Gasteiger partial charge in [0.25, 0.3) is 0 Å². The van der Waals surface area contributed by atoms with Crippen molar-refractivity contribution >= 4 is 45.7 Å². The summed E-state index contributed by atoms with van der Waals surface area (Å²) in [5.74, 6) is -0.332. The minimum absolute atomic E-state index is 0.0223. The summed E-state index contributed by atoms with van der Waals surface area (Å²) in [5, 5.41) is 3.97. The monoisotopic (exact) mass is 524 g/mol. The molecule has 1 aliphatic rings. The maximum Gasteiger partial charge on any atom is 0.349 e. The largest absolute Gasteiger partial charge is 0.496 e. The fraction of sp³-hybridized carbons (Fsp3) is 0.231. The zero-order valence-electron chi connectivity index (χ0n) is 20.0. The van der Waals surface area contributed by atoms with E-state index in [1.807, 2.05) is 4.90 Å². The highest BCUT2D eigenvalue weighted by atomic mass is 35.5. The topological polar surface area (TPSA) is 107 Å². The van der Waals surface area contributed by atoms with Gasteiger partial charge in [0.2, 0.25) is 5.95 Å². The van der Waals surface area contributed by atoms with Gasteiger partial charge in [-0.25, -0.2) is 19.2 Å². The van der Waals surface area contributed by atoms with Crippen LogP contribution in [-0.4, -0.2) is 49.2 Å². The number of fused-ring (bicyclic) bond motifs is 1. The highest BCUT2D eigenvalue weighted by molar-refractivity contribution is 6.33. The molecule has 190 valence electrons. The molecule has 0 amide bonds. The lowest BCUT2D eigenvalue weighted by atomic mass is 10.1. The van der Waals surface area contributed by atoms with Gasteiger partial charge in [0.05, 0.1) is 42.9 Å². The Labute approximate surface area is 215 Å². The van der Waals surface area contributed by atoms with Crippen molar-refractivity contribution in [1.29, 1.82) is 0 Å². The first-order chi connectivity index (χ1) is 17.9. The molecule has 37 heavy (non-hydrogen) atoms. The number of morpholine rings is 1. The second-order valence-electron chi connectivity index (χ2n) is 8.34. The van der Waals surface area contributed by atoms with Gasteiger partial charge >= 0.3 is 5.63 Å². The first-order valence-corrected chi connectivity index (χ1v) is 11.8. The van der Waals surface area contributed by atoms with Crippen LogP contribution in [0.2, 0.25) is 5.02 Å². The van der Waals surface area contributed by atoms with Gasteiger partial charge in [-0.3, -0.25) is 4.79 Å². The Balaban J connectivity index is 1.54. The Bertz CT molecular complexity index is 1570. The third-order valence-electron chi connectivity index (χ3n) is 5.98. The quantitative estimate of drug-likeness (QED) is 0.280. The Morgan fingerprint density at radius 2 is 1.97 bits per heavy atom. The number of methoxy groups -OCH3 is 1. The molecule has 3 heterocycles. The molecule has 0 spiro atoms. The standard InChI is InChI=1S/C26H22ClFN4O5/c1-14(33)22-24(32-7-9-36-10-8-32)18-6-4-16(12-21(18)37-25(22)34)30-26-29-13-19(27)23(31-26)17-5-3-15(28)11-20(17)35-2/h3-6,11-13H,7-10H2,1-2H3,(H,29,30,31). The van der Waals surface area contributed by atoms with Crippen LogP contribution in [0.5, 0.6) is 5.75 Å². The van der Waals surface area contributed by atoms with Crippen molar-refractivity contribution in [2.24, 2.45) is 0 Å². The van der Waals surface area contributed by atoms with Crippen LogP contribution < -0.4 is 20.6 Å². The van der Waals surface area contributed by atoms with Crippen molar-refractivity contribution < 1.29 is 23.1 Å². The molecule has 1 saturated heterocycles. The van der Waals surface area contributed by atoms with Crippen molar-refractivity contribution in [2.45, 2.75) is 6.92 Å². The van der Waals surface area contributed by atoms with Crippen LogP contribution in [0.4, 0.5) is 21.7 Å². The van der Waals surface area contributed by atoms with Crippen LogP contribution in [0.25, 0.3) is 22.2 Å². The lowest BCUT2D eigenvalue weighted by Crippen LogP contribution is -2.38. The van der Waals surface area contributed by atoms with Crippen molar-refractivity contribution in [2.75, 3.05) is 43.6 Å². The number of rotatable bonds is 6. The van der Waals surface area contributed by atoms with E-state index in [2.05, 4.69) is 15.3 Å². The summed E-state index contributed by atoms with van der Waals surface area (Å²) in [4.78, 5) is 35.8. The van der Waals surface area contributed by atoms with Gasteiger partial charge < -0.3 is 24.1 Å². The van der Waals surface area contributed by atoms with E-state index in [1.165, 1.54) is 38.4 Å². The van der Waals surface area contributed by atoms with Gasteiger partial charge in [-0.2, -0.15) is 0 Å². The number of Topliss-reactive ketones (excluding diaryl/α,β-unsaturated/α-hetero) is 1. The van der Waals surface area contributed by atoms with Gasteiger partial charge in [-0.15, -0.1) is 0 Å². The minimum Gasteiger partial charge on any atom is -0.496 e. The van der Waals surface area contributed by atoms with Gasteiger partial charge in [0.15, 0.2) is 5.78 Å². The van der Waals surface area contributed by atoms with Crippen LogP contribution in [0.15, 0.2) is 51.8 Å². The van der Waals surface area contributed by atoms with Crippen LogP contribution in [0, 0.1) is 5.82 Å². The average Bonchev–Trinajstić information content (AvgIpc) is 2.89. The number of nitrogens with one attached hydrogen (secondary N) is 1.